The molecule has 25 nitrogen and oxygen atoms in total. The van der Waals surface area contributed by atoms with Crippen molar-refractivity contribution in [2.75, 3.05) is 31.2 Å². The van der Waals surface area contributed by atoms with Crippen LogP contribution in [0.4, 0.5) is 0 Å². The van der Waals surface area contributed by atoms with Crippen LogP contribution < -0.4 is 54.4 Å². The van der Waals surface area contributed by atoms with Crippen LogP contribution in [0.2, 0.25) is 0 Å². The molecule has 0 radical (unpaired) electrons. The number of carboxylic acids is 1. The van der Waals surface area contributed by atoms with Gasteiger partial charge in [-0.3, -0.25) is 43.3 Å². The number of thiol groups is 2. The molecule has 2 rings (SSSR count). The van der Waals surface area contributed by atoms with Crippen LogP contribution in [0.3, 0.4) is 0 Å². The van der Waals surface area contributed by atoms with Gasteiger partial charge in [0.25, 0.3) is 0 Å². The highest BCUT2D eigenvalue weighted by atomic mass is 32.1. The van der Waals surface area contributed by atoms with Gasteiger partial charge in [-0.25, -0.2) is 4.79 Å². The van der Waals surface area contributed by atoms with Gasteiger partial charge in [0.15, 0.2) is 5.96 Å². The zero-order valence-electron chi connectivity index (χ0n) is 39.6. The molecular formula is C43H70N12O13S2. The van der Waals surface area contributed by atoms with Gasteiger partial charge >= 0.3 is 5.97 Å². The number of aliphatic hydroxyl groups excluding tert-OH is 3. The van der Waals surface area contributed by atoms with E-state index in [0.717, 1.165) is 4.90 Å². The SMILES string of the molecule is CC[C@H](C)[C@H](NC(=O)[C@H](CCCN=C(N)N)NC(=O)[C@H](Cc1ccccc1)NC(=O)[C@@H]1CCCN1C(=O)[C@@H](NC(=O)[C@H](CO)NC(=O)[C@@H](NC(=O)[C@@H](N)CS)[C@@H](C)O)[C@@H](C)O)C(=O)N[C@@H](CS)C(=O)O. The number of aliphatic carboxylic acids is 1. The molecule has 1 aliphatic rings. The first-order chi connectivity index (χ1) is 33.0. The van der Waals surface area contributed by atoms with E-state index >= 15 is 0 Å². The van der Waals surface area contributed by atoms with Crippen LogP contribution >= 0.6 is 25.3 Å². The van der Waals surface area contributed by atoms with Crippen molar-refractivity contribution in [2.45, 2.75) is 133 Å². The summed E-state index contributed by atoms with van der Waals surface area (Å²) in [4.78, 5) is 126. The highest BCUT2D eigenvalue weighted by Gasteiger charge is 2.42. The van der Waals surface area contributed by atoms with Gasteiger partial charge in [-0.2, -0.15) is 25.3 Å². The number of guanidine groups is 1. The summed E-state index contributed by atoms with van der Waals surface area (Å²) in [6, 6.07) is -4.31. The van der Waals surface area contributed by atoms with Crippen molar-refractivity contribution in [3.05, 3.63) is 35.9 Å². The lowest BCUT2D eigenvalue weighted by molar-refractivity contribution is -0.145. The molecule has 0 aliphatic carbocycles. The van der Waals surface area contributed by atoms with Gasteiger partial charge in [0.05, 0.1) is 24.9 Å². The average molecular weight is 1030 g/mol. The number of rotatable bonds is 29. The van der Waals surface area contributed by atoms with E-state index in [2.05, 4.69) is 67.5 Å². The molecule has 70 heavy (non-hydrogen) atoms. The fourth-order valence-corrected chi connectivity index (χ4v) is 7.52. The Hall–Kier alpha value is -5.74. The highest BCUT2D eigenvalue weighted by Crippen LogP contribution is 2.21. The van der Waals surface area contributed by atoms with Crippen LogP contribution in [0.1, 0.15) is 65.4 Å². The second kappa shape index (κ2) is 30.1. The Labute approximate surface area is 416 Å². The molecule has 0 unspecified atom stereocenters. The predicted octanol–water partition coefficient (Wildman–Crippen LogP) is -5.26. The van der Waals surface area contributed by atoms with Crippen molar-refractivity contribution in [1.29, 1.82) is 0 Å². The number of carbonyl (C=O) groups is 9. The third-order valence-electron chi connectivity index (χ3n) is 11.4. The summed E-state index contributed by atoms with van der Waals surface area (Å²) in [6.07, 6.45) is -2.35. The van der Waals surface area contributed by atoms with Crippen LogP contribution in [0.25, 0.3) is 0 Å². The minimum Gasteiger partial charge on any atom is -0.480 e. The molecule has 1 aromatic carbocycles. The quantitative estimate of drug-likeness (QED) is 0.0154. The van der Waals surface area contributed by atoms with Gasteiger partial charge in [0.2, 0.25) is 47.3 Å². The van der Waals surface area contributed by atoms with Crippen molar-refractivity contribution in [3.63, 3.8) is 0 Å². The molecule has 27 heteroatoms. The number of carbonyl (C=O) groups excluding carboxylic acids is 8. The normalized spacial score (nSPS) is 18.0. The summed E-state index contributed by atoms with van der Waals surface area (Å²) < 4.78 is 0. The summed E-state index contributed by atoms with van der Waals surface area (Å²) >= 11 is 7.93. The van der Waals surface area contributed by atoms with Crippen molar-refractivity contribution in [1.82, 2.24) is 42.1 Å². The van der Waals surface area contributed by atoms with Gasteiger partial charge in [0, 0.05) is 31.0 Å². The van der Waals surface area contributed by atoms with Gasteiger partial charge in [-0.1, -0.05) is 50.6 Å². The number of carboxylic acid groups (broad SMARTS) is 1. The Bertz CT molecular complexity index is 1980. The third-order valence-corrected chi connectivity index (χ3v) is 12.1. The zero-order chi connectivity index (χ0) is 52.8. The molecule has 0 aromatic heterocycles. The molecule has 1 saturated heterocycles. The molecule has 0 spiro atoms. The maximum atomic E-state index is 14.3. The Morgan fingerprint density at radius 3 is 1.81 bits per heavy atom. The lowest BCUT2D eigenvalue weighted by Gasteiger charge is -2.32. The van der Waals surface area contributed by atoms with E-state index in [-0.39, 0.29) is 62.7 Å². The lowest BCUT2D eigenvalue weighted by Crippen LogP contribution is -2.63. The van der Waals surface area contributed by atoms with Crippen molar-refractivity contribution in [2.24, 2.45) is 28.1 Å². The zero-order valence-corrected chi connectivity index (χ0v) is 41.4. The Kier molecular flexibility index (Phi) is 26.0. The van der Waals surface area contributed by atoms with E-state index in [1.54, 1.807) is 44.2 Å². The second-order valence-electron chi connectivity index (χ2n) is 16.9. The van der Waals surface area contributed by atoms with E-state index in [4.69, 9.17) is 17.2 Å². The topological polar surface area (TPSA) is 412 Å². The van der Waals surface area contributed by atoms with E-state index in [0.29, 0.717) is 12.0 Å². The Balaban J connectivity index is 2.41. The van der Waals surface area contributed by atoms with Crippen LogP contribution in [-0.4, -0.2) is 182 Å². The van der Waals surface area contributed by atoms with Crippen molar-refractivity contribution < 1.29 is 63.6 Å². The number of aliphatic imine (C=N–C) groups is 1. The third kappa shape index (κ3) is 18.9. The van der Waals surface area contributed by atoms with Crippen LogP contribution in [0.5, 0.6) is 0 Å². The number of benzene rings is 1. The predicted molar refractivity (Wildman–Crippen MR) is 262 cm³/mol. The monoisotopic (exact) mass is 1030 g/mol. The number of nitrogens with two attached hydrogens (primary N) is 3. The molecule has 0 saturated carbocycles. The van der Waals surface area contributed by atoms with Gasteiger partial charge in [-0.15, -0.1) is 0 Å². The second-order valence-corrected chi connectivity index (χ2v) is 17.6. The highest BCUT2D eigenvalue weighted by molar-refractivity contribution is 7.80. The molecule has 8 amide bonds. The van der Waals surface area contributed by atoms with E-state index in [1.807, 2.05) is 0 Å². The van der Waals surface area contributed by atoms with Gasteiger partial charge in [0.1, 0.15) is 48.3 Å². The average Bonchev–Trinajstić information content (AvgIpc) is 3.82. The largest absolute Gasteiger partial charge is 0.480 e. The fourth-order valence-electron chi connectivity index (χ4n) is 7.10. The molecule has 17 N–H and O–H groups in total. The van der Waals surface area contributed by atoms with Crippen LogP contribution in [-0.2, 0) is 49.6 Å². The summed E-state index contributed by atoms with van der Waals surface area (Å²) in [5, 5.41) is 57.6. The number of nitrogens with one attached hydrogen (secondary N) is 7. The molecule has 1 fully saturated rings. The summed E-state index contributed by atoms with van der Waals surface area (Å²) in [5.74, 6) is -9.64. The maximum absolute atomic E-state index is 14.3. The Morgan fingerprint density at radius 1 is 0.729 bits per heavy atom. The van der Waals surface area contributed by atoms with Crippen LogP contribution in [0.15, 0.2) is 35.3 Å². The summed E-state index contributed by atoms with van der Waals surface area (Å²) in [6.45, 7) is 4.79. The molecule has 12 atom stereocenters. The number of likely N-dealkylation sites (tertiary alicyclic amines) is 1. The minimum atomic E-state index is -1.76. The van der Waals surface area contributed by atoms with Crippen LogP contribution in [0, 0.1) is 5.92 Å². The first-order valence-electron chi connectivity index (χ1n) is 22.7. The van der Waals surface area contributed by atoms with Gasteiger partial charge in [-0.05, 0) is 51.0 Å². The number of aliphatic hydroxyl groups is 3. The molecule has 1 heterocycles. The summed E-state index contributed by atoms with van der Waals surface area (Å²) in [7, 11) is 0. The number of amides is 8. The minimum absolute atomic E-state index is 0.0277. The first-order valence-corrected chi connectivity index (χ1v) is 24.0. The molecular weight excluding hydrogens is 957 g/mol. The molecule has 392 valence electrons. The Morgan fingerprint density at radius 2 is 1.27 bits per heavy atom. The van der Waals surface area contributed by atoms with Crippen molar-refractivity contribution in [3.8, 4) is 0 Å². The molecule has 0 bridgehead atoms. The smallest absolute Gasteiger partial charge is 0.327 e. The van der Waals surface area contributed by atoms with Crippen molar-refractivity contribution >= 4 is 84.4 Å². The first kappa shape index (κ1) is 60.4. The molecule has 1 aromatic rings. The molecule has 1 aliphatic heterocycles. The lowest BCUT2D eigenvalue weighted by atomic mass is 9.97. The number of nitrogens with zero attached hydrogens (tertiary/aromatic N) is 2. The van der Waals surface area contributed by atoms with E-state index in [9.17, 15) is 63.6 Å². The van der Waals surface area contributed by atoms with E-state index in [1.165, 1.54) is 13.8 Å². The fraction of sp³-hybridized carbons (Fsp3) is 0.628. The number of hydrogen-bond acceptors (Lipinski definition) is 16. The number of hydrogen-bond donors (Lipinski definition) is 16. The summed E-state index contributed by atoms with van der Waals surface area (Å²) in [5.41, 5.74) is 17.2. The van der Waals surface area contributed by atoms with E-state index < -0.39 is 132 Å². The van der Waals surface area contributed by atoms with Gasteiger partial charge < -0.3 is 79.7 Å². The standard InChI is InChI=1S/C43H70N12O13S2/c1-5-21(2)31(39(64)51-29(20-70)42(67)68)52-35(60)26(13-9-15-47-43(45)46)48-36(61)27(17-24-11-7-6-8-12-24)49-38(63)30-14-10-16-55(30)41(66)33(23(4)58)54-37(62)28(18-56)50-40(65)32(22(3)57)53-34(59)25(44)19-69/h6-8,11-12,21-23,25-33,56-58,69-70H,5,9-10,13-20,44H2,1-4H3,(H,48,61)(H,49,63)(H,50,65)(H,51,64)(H,52,60)(H,53,59)(H,54,62)(H,67,68)(H4,45,46,47)/t21-,22+,23+,25-,26-,27-,28-,29-,30-,31-,32-,33-/m0/s1. The maximum Gasteiger partial charge on any atom is 0.327 e.